The average molecular weight is 270 g/mol. The summed E-state index contributed by atoms with van der Waals surface area (Å²) in [5, 5.41) is 2.89. The predicted octanol–water partition coefficient (Wildman–Crippen LogP) is 3.06. The molecule has 0 spiro atoms. The van der Waals surface area contributed by atoms with Crippen molar-refractivity contribution in [2.75, 3.05) is 5.32 Å². The van der Waals surface area contributed by atoms with E-state index in [0.717, 1.165) is 16.8 Å². The van der Waals surface area contributed by atoms with E-state index in [2.05, 4.69) is 24.1 Å². The number of hydrogen-bond donors (Lipinski definition) is 2. The average Bonchev–Trinajstić information content (AvgIpc) is 2.40. The minimum Gasteiger partial charge on any atom is -0.357 e. The number of para-hydroxylation sites is 1. The lowest BCUT2D eigenvalue weighted by Crippen LogP contribution is -2.18. The molecule has 1 aromatic carbocycles. The number of aromatic nitrogens is 1. The fourth-order valence-corrected chi connectivity index (χ4v) is 2.10. The van der Waals surface area contributed by atoms with Gasteiger partial charge in [0.05, 0.1) is 0 Å². The molecule has 4 heteroatoms. The van der Waals surface area contributed by atoms with Crippen LogP contribution >= 0.6 is 0 Å². The summed E-state index contributed by atoms with van der Waals surface area (Å²) < 4.78 is 0. The number of benzene rings is 1. The summed E-state index contributed by atoms with van der Waals surface area (Å²) in [7, 11) is 0. The second-order valence-electron chi connectivity index (χ2n) is 5.09. The second-order valence-corrected chi connectivity index (χ2v) is 5.09. The van der Waals surface area contributed by atoms with Gasteiger partial charge >= 0.3 is 0 Å². The monoisotopic (exact) mass is 270 g/mol. The van der Waals surface area contributed by atoms with Crippen LogP contribution in [0.25, 0.3) is 0 Å². The topological polar surface area (TPSA) is 62.0 Å². The molecule has 2 rings (SSSR count). The van der Waals surface area contributed by atoms with E-state index in [1.165, 1.54) is 18.3 Å². The molecule has 4 nitrogen and oxygen atoms in total. The summed E-state index contributed by atoms with van der Waals surface area (Å²) >= 11 is 0. The van der Waals surface area contributed by atoms with Crippen molar-refractivity contribution in [3.8, 4) is 0 Å². The SMILES string of the molecule is Cc1cccc(C(C)C)c1NC(=O)c1cc(=O)cc[nH]1. The maximum Gasteiger partial charge on any atom is 0.272 e. The zero-order valence-corrected chi connectivity index (χ0v) is 11.9. The van der Waals surface area contributed by atoms with Gasteiger partial charge in [-0.3, -0.25) is 9.59 Å². The number of rotatable bonds is 3. The quantitative estimate of drug-likeness (QED) is 0.900. The first-order chi connectivity index (χ1) is 9.49. The Kier molecular flexibility index (Phi) is 4.03. The summed E-state index contributed by atoms with van der Waals surface area (Å²) in [4.78, 5) is 26.3. The molecular weight excluding hydrogens is 252 g/mol. The summed E-state index contributed by atoms with van der Waals surface area (Å²) in [5.74, 6) is -0.000998. The Bertz CT molecular complexity index is 687. The molecule has 0 aliphatic rings. The second kappa shape index (κ2) is 5.74. The van der Waals surface area contributed by atoms with Crippen LogP contribution in [0.3, 0.4) is 0 Å². The zero-order valence-electron chi connectivity index (χ0n) is 11.9. The lowest BCUT2D eigenvalue weighted by Gasteiger charge is -2.16. The highest BCUT2D eigenvalue weighted by atomic mass is 16.2. The van der Waals surface area contributed by atoms with Crippen LogP contribution in [0.4, 0.5) is 5.69 Å². The normalized spacial score (nSPS) is 10.6. The molecule has 0 unspecified atom stereocenters. The van der Waals surface area contributed by atoms with Crippen molar-refractivity contribution >= 4 is 11.6 Å². The molecule has 2 N–H and O–H groups in total. The van der Waals surface area contributed by atoms with E-state index in [1.807, 2.05) is 25.1 Å². The van der Waals surface area contributed by atoms with Crippen LogP contribution in [0, 0.1) is 6.92 Å². The third-order valence-corrected chi connectivity index (χ3v) is 3.18. The van der Waals surface area contributed by atoms with E-state index in [-0.39, 0.29) is 17.0 Å². The number of amides is 1. The van der Waals surface area contributed by atoms with Gasteiger partial charge in [-0.15, -0.1) is 0 Å². The Morgan fingerprint density at radius 2 is 2.00 bits per heavy atom. The molecule has 2 aromatic rings. The summed E-state index contributed by atoms with van der Waals surface area (Å²) in [5.41, 5.74) is 2.97. The lowest BCUT2D eigenvalue weighted by atomic mass is 9.98. The largest absolute Gasteiger partial charge is 0.357 e. The summed E-state index contributed by atoms with van der Waals surface area (Å²) in [6, 6.07) is 8.60. The third-order valence-electron chi connectivity index (χ3n) is 3.18. The molecule has 0 fully saturated rings. The molecule has 0 saturated heterocycles. The van der Waals surface area contributed by atoms with Gasteiger partial charge in [-0.25, -0.2) is 0 Å². The van der Waals surface area contributed by atoms with Gasteiger partial charge in [-0.1, -0.05) is 32.0 Å². The molecule has 104 valence electrons. The van der Waals surface area contributed by atoms with Gasteiger partial charge in [0.15, 0.2) is 5.43 Å². The van der Waals surface area contributed by atoms with Gasteiger partial charge < -0.3 is 10.3 Å². The summed E-state index contributed by atoms with van der Waals surface area (Å²) in [6.45, 7) is 6.11. The molecule has 1 aromatic heterocycles. The maximum absolute atomic E-state index is 12.2. The fraction of sp³-hybridized carbons (Fsp3) is 0.250. The first kappa shape index (κ1) is 14.1. The van der Waals surface area contributed by atoms with Crippen molar-refractivity contribution in [2.24, 2.45) is 0 Å². The molecule has 1 amide bonds. The van der Waals surface area contributed by atoms with Crippen LogP contribution in [-0.2, 0) is 0 Å². The zero-order chi connectivity index (χ0) is 14.7. The first-order valence-electron chi connectivity index (χ1n) is 6.58. The number of H-pyrrole nitrogens is 1. The number of carbonyl (C=O) groups excluding carboxylic acids is 1. The number of hydrogen-bond acceptors (Lipinski definition) is 2. The molecule has 0 bridgehead atoms. The van der Waals surface area contributed by atoms with Gasteiger partial charge in [0.1, 0.15) is 5.69 Å². The molecule has 0 saturated carbocycles. The smallest absolute Gasteiger partial charge is 0.272 e. The van der Waals surface area contributed by atoms with E-state index < -0.39 is 0 Å². The van der Waals surface area contributed by atoms with Crippen LogP contribution in [-0.4, -0.2) is 10.9 Å². The number of anilines is 1. The molecule has 20 heavy (non-hydrogen) atoms. The number of nitrogens with one attached hydrogen (secondary N) is 2. The standard InChI is InChI=1S/C16H18N2O2/c1-10(2)13-6-4-5-11(3)15(13)18-16(20)14-9-12(19)7-8-17-14/h4-10H,1-3H3,(H,17,19)(H,18,20). The van der Waals surface area contributed by atoms with Crippen molar-refractivity contribution in [1.29, 1.82) is 0 Å². The third kappa shape index (κ3) is 2.96. The van der Waals surface area contributed by atoms with Crippen molar-refractivity contribution in [1.82, 2.24) is 4.98 Å². The van der Waals surface area contributed by atoms with Crippen LogP contribution in [0.15, 0.2) is 41.3 Å². The van der Waals surface area contributed by atoms with E-state index in [9.17, 15) is 9.59 Å². The Labute approximate surface area is 117 Å². The van der Waals surface area contributed by atoms with Gasteiger partial charge in [0.2, 0.25) is 0 Å². The summed E-state index contributed by atoms with van der Waals surface area (Å²) in [6.07, 6.45) is 1.47. The number of aromatic amines is 1. The first-order valence-corrected chi connectivity index (χ1v) is 6.58. The van der Waals surface area contributed by atoms with E-state index in [4.69, 9.17) is 0 Å². The van der Waals surface area contributed by atoms with Crippen LogP contribution in [0.5, 0.6) is 0 Å². The number of carbonyl (C=O) groups is 1. The highest BCUT2D eigenvalue weighted by Crippen LogP contribution is 2.27. The van der Waals surface area contributed by atoms with Crippen molar-refractivity contribution in [2.45, 2.75) is 26.7 Å². The highest BCUT2D eigenvalue weighted by molar-refractivity contribution is 6.03. The van der Waals surface area contributed by atoms with Crippen molar-refractivity contribution in [3.63, 3.8) is 0 Å². The molecule has 0 atom stereocenters. The minimum absolute atomic E-state index is 0.192. The van der Waals surface area contributed by atoms with Crippen molar-refractivity contribution in [3.05, 3.63) is 63.6 Å². The van der Waals surface area contributed by atoms with E-state index in [0.29, 0.717) is 5.92 Å². The van der Waals surface area contributed by atoms with Crippen LogP contribution in [0.1, 0.15) is 41.4 Å². The molecule has 0 aliphatic heterocycles. The molecule has 0 aliphatic carbocycles. The molecular formula is C16H18N2O2. The minimum atomic E-state index is -0.307. The fourth-order valence-electron chi connectivity index (χ4n) is 2.10. The number of pyridine rings is 1. The highest BCUT2D eigenvalue weighted by Gasteiger charge is 2.13. The van der Waals surface area contributed by atoms with Crippen LogP contribution < -0.4 is 10.7 Å². The Hall–Kier alpha value is -2.36. The molecule has 1 heterocycles. The van der Waals surface area contributed by atoms with Crippen molar-refractivity contribution < 1.29 is 4.79 Å². The van der Waals surface area contributed by atoms with E-state index >= 15 is 0 Å². The van der Waals surface area contributed by atoms with Gasteiger partial charge in [-0.05, 0) is 24.0 Å². The molecule has 0 radical (unpaired) electrons. The Balaban J connectivity index is 2.35. The lowest BCUT2D eigenvalue weighted by molar-refractivity contribution is 0.102. The van der Waals surface area contributed by atoms with Crippen LogP contribution in [0.2, 0.25) is 0 Å². The van der Waals surface area contributed by atoms with Gasteiger partial charge in [0, 0.05) is 24.0 Å². The van der Waals surface area contributed by atoms with Gasteiger partial charge in [0.25, 0.3) is 5.91 Å². The Morgan fingerprint density at radius 3 is 2.65 bits per heavy atom. The Morgan fingerprint density at radius 1 is 1.25 bits per heavy atom. The maximum atomic E-state index is 12.2. The number of aryl methyl sites for hydroxylation is 1. The predicted molar refractivity (Wildman–Crippen MR) is 80.3 cm³/mol. The van der Waals surface area contributed by atoms with E-state index in [1.54, 1.807) is 0 Å². The van der Waals surface area contributed by atoms with Gasteiger partial charge in [-0.2, -0.15) is 0 Å².